The number of carbonyl (C=O) groups is 3. The number of fused-ring (bicyclic) bond motifs is 1. The van der Waals surface area contributed by atoms with E-state index in [0.717, 1.165) is 55.8 Å². The summed E-state index contributed by atoms with van der Waals surface area (Å²) >= 11 is 1.50. The first-order valence-corrected chi connectivity index (χ1v) is 19.3. The van der Waals surface area contributed by atoms with Crippen molar-refractivity contribution in [2.75, 3.05) is 62.6 Å². The van der Waals surface area contributed by atoms with Gasteiger partial charge in [-0.05, 0) is 69.6 Å². The Balaban J connectivity index is 0.00000302. The van der Waals surface area contributed by atoms with Gasteiger partial charge in [-0.1, -0.05) is 51.1 Å². The van der Waals surface area contributed by atoms with Gasteiger partial charge in [-0.25, -0.2) is 9.18 Å². The Labute approximate surface area is 304 Å². The van der Waals surface area contributed by atoms with Gasteiger partial charge in [0.2, 0.25) is 11.8 Å². The van der Waals surface area contributed by atoms with E-state index in [9.17, 15) is 14.4 Å². The molecule has 276 valence electrons. The molecular weight excluding hydrogens is 652 g/mol. The van der Waals surface area contributed by atoms with Crippen molar-refractivity contribution in [3.8, 4) is 0 Å². The molecule has 9 nitrogen and oxygen atoms in total. The summed E-state index contributed by atoms with van der Waals surface area (Å²) in [7, 11) is 0. The molecule has 4 amide bonds. The normalized spacial score (nSPS) is 24.1. The number of benzene rings is 2. The third-order valence-electron chi connectivity index (χ3n) is 11.0. The highest BCUT2D eigenvalue weighted by Crippen LogP contribution is 2.53. The van der Waals surface area contributed by atoms with Gasteiger partial charge in [0.1, 0.15) is 15.9 Å². The predicted molar refractivity (Wildman–Crippen MR) is 204 cm³/mol. The van der Waals surface area contributed by atoms with Gasteiger partial charge >= 0.3 is 6.03 Å². The number of piperazine rings is 1. The second-order valence-corrected chi connectivity index (χ2v) is 17.7. The zero-order valence-corrected chi connectivity index (χ0v) is 31.5. The van der Waals surface area contributed by atoms with Crippen LogP contribution in [0.2, 0.25) is 0 Å². The van der Waals surface area contributed by atoms with Crippen LogP contribution in [0, 0.1) is 11.2 Å². The number of para-hydroxylation sites is 2. The fourth-order valence-electron chi connectivity index (χ4n) is 7.89. The number of hydrogen-bond acceptors (Lipinski definition) is 6. The first-order chi connectivity index (χ1) is 23.7. The standard InChI is InChI=1S/C39H55FN6O3S.2H2/c1-27(2)42-22-24-44(25-23-42)34-30(11-9-12-31(34)40)35-46(21-17-38(3,4)5)36(48)39(6,50-35)26-33(47)43-18-15-29(16-19-43)45-20-14-28-10-7-8-13-32(28)41-37(45)49;;/h7-13,27,29,35H,14-26H2,1-6H3,(H,41,49);2*1H/t35-,39+;;/m0../s1. The van der Waals surface area contributed by atoms with E-state index in [1.54, 1.807) is 6.07 Å². The Morgan fingerprint density at radius 1 is 1.00 bits per heavy atom. The minimum Gasteiger partial charge on any atom is -0.366 e. The number of nitrogens with zero attached hydrogens (tertiary/aromatic N) is 5. The van der Waals surface area contributed by atoms with Crippen LogP contribution in [0.25, 0.3) is 0 Å². The summed E-state index contributed by atoms with van der Waals surface area (Å²) in [5, 5.41) is 2.68. The Morgan fingerprint density at radius 3 is 2.38 bits per heavy atom. The fraction of sp³-hybridized carbons (Fsp3) is 0.615. The van der Waals surface area contributed by atoms with E-state index < -0.39 is 10.1 Å². The van der Waals surface area contributed by atoms with Gasteiger partial charge in [-0.2, -0.15) is 0 Å². The van der Waals surface area contributed by atoms with Gasteiger partial charge in [0.25, 0.3) is 0 Å². The van der Waals surface area contributed by atoms with Crippen molar-refractivity contribution in [3.63, 3.8) is 0 Å². The molecule has 4 aliphatic rings. The van der Waals surface area contributed by atoms with Gasteiger partial charge in [0, 0.05) is 78.5 Å². The topological polar surface area (TPSA) is 79.4 Å². The number of rotatable bonds is 8. The summed E-state index contributed by atoms with van der Waals surface area (Å²) in [6.45, 7) is 18.2. The molecule has 0 aromatic heterocycles. The van der Waals surface area contributed by atoms with Crippen LogP contribution in [0.4, 0.5) is 20.6 Å². The van der Waals surface area contributed by atoms with E-state index in [0.29, 0.717) is 50.7 Å². The molecule has 0 saturated carbocycles. The number of amides is 4. The molecule has 0 aliphatic carbocycles. The Hall–Kier alpha value is -3.31. The van der Waals surface area contributed by atoms with Crippen LogP contribution in [0.1, 0.15) is 86.6 Å². The lowest BCUT2D eigenvalue weighted by Crippen LogP contribution is -2.51. The molecular formula is C39H59FN6O3S. The summed E-state index contributed by atoms with van der Waals surface area (Å²) in [6, 6.07) is 13.6. The molecule has 0 unspecified atom stereocenters. The van der Waals surface area contributed by atoms with Crippen LogP contribution >= 0.6 is 11.8 Å². The molecule has 2 aromatic rings. The van der Waals surface area contributed by atoms with Crippen molar-refractivity contribution >= 4 is 41.0 Å². The minimum absolute atomic E-state index is 0. The maximum atomic E-state index is 15.8. The summed E-state index contributed by atoms with van der Waals surface area (Å²) < 4.78 is 14.8. The van der Waals surface area contributed by atoms with Crippen molar-refractivity contribution in [1.29, 1.82) is 0 Å². The lowest BCUT2D eigenvalue weighted by atomic mass is 9.91. The average Bonchev–Trinajstić information content (AvgIpc) is 3.20. The monoisotopic (exact) mass is 710 g/mol. The Morgan fingerprint density at radius 2 is 1.70 bits per heavy atom. The second-order valence-electron chi connectivity index (χ2n) is 16.1. The molecule has 1 N–H and O–H groups in total. The molecule has 4 aliphatic heterocycles. The number of likely N-dealkylation sites (tertiary alicyclic amines) is 1. The summed E-state index contributed by atoms with van der Waals surface area (Å²) in [6.07, 6.45) is 3.07. The summed E-state index contributed by atoms with van der Waals surface area (Å²) in [5.41, 5.74) is 3.40. The molecule has 0 bridgehead atoms. The number of nitrogens with one attached hydrogen (secondary N) is 1. The summed E-state index contributed by atoms with van der Waals surface area (Å²) in [4.78, 5) is 51.8. The van der Waals surface area contributed by atoms with Crippen LogP contribution in [0.5, 0.6) is 0 Å². The minimum atomic E-state index is -0.979. The Bertz CT molecular complexity index is 1580. The molecule has 50 heavy (non-hydrogen) atoms. The lowest BCUT2D eigenvalue weighted by molar-refractivity contribution is -0.139. The molecule has 2 aromatic carbocycles. The van der Waals surface area contributed by atoms with E-state index in [2.05, 4.69) is 55.8 Å². The zero-order chi connectivity index (χ0) is 35.8. The maximum Gasteiger partial charge on any atom is 0.322 e. The molecule has 3 fully saturated rings. The molecule has 3 saturated heterocycles. The van der Waals surface area contributed by atoms with Crippen LogP contribution in [0.3, 0.4) is 0 Å². The third kappa shape index (κ3) is 7.78. The lowest BCUT2D eigenvalue weighted by Gasteiger charge is -2.40. The molecule has 0 spiro atoms. The van der Waals surface area contributed by atoms with Crippen LogP contribution < -0.4 is 10.2 Å². The number of anilines is 2. The van der Waals surface area contributed by atoms with Gasteiger partial charge in [-0.3, -0.25) is 14.5 Å². The van der Waals surface area contributed by atoms with E-state index in [1.807, 2.05) is 45.9 Å². The van der Waals surface area contributed by atoms with Crippen molar-refractivity contribution in [1.82, 2.24) is 19.6 Å². The van der Waals surface area contributed by atoms with E-state index in [4.69, 9.17) is 0 Å². The number of thioether (sulfide) groups is 1. The number of hydrogen-bond donors (Lipinski definition) is 1. The smallest absolute Gasteiger partial charge is 0.322 e. The Kier molecular flexibility index (Phi) is 10.8. The highest BCUT2D eigenvalue weighted by Gasteiger charge is 2.52. The molecule has 0 radical (unpaired) electrons. The first-order valence-electron chi connectivity index (χ1n) is 18.4. The van der Waals surface area contributed by atoms with E-state index >= 15 is 4.39 Å². The van der Waals surface area contributed by atoms with Crippen LogP contribution in [0.15, 0.2) is 42.5 Å². The molecule has 11 heteroatoms. The molecule has 6 rings (SSSR count). The zero-order valence-electron chi connectivity index (χ0n) is 30.7. The van der Waals surface area contributed by atoms with Crippen LogP contribution in [-0.2, 0) is 16.0 Å². The number of halogens is 1. The van der Waals surface area contributed by atoms with Gasteiger partial charge in [-0.15, -0.1) is 11.8 Å². The van der Waals surface area contributed by atoms with Crippen LogP contribution in [-0.4, -0.2) is 107 Å². The van der Waals surface area contributed by atoms with E-state index in [-0.39, 0.29) is 44.4 Å². The SMILES string of the molecule is CC(C)N1CCN(c2c(F)cccc2[C@@H]2S[C@](C)(CC(=O)N3CCC(N4CCc5ccccc5NC4=O)CC3)C(=O)N2CCC(C)(C)C)CC1.[HH].[HH]. The number of carbonyl (C=O) groups excluding carboxylic acids is 3. The van der Waals surface area contributed by atoms with Crippen molar-refractivity contribution < 1.29 is 21.6 Å². The fourth-order valence-corrected chi connectivity index (χ4v) is 9.45. The first kappa shape index (κ1) is 36.5. The highest BCUT2D eigenvalue weighted by molar-refractivity contribution is 8.02. The van der Waals surface area contributed by atoms with Crippen molar-refractivity contribution in [2.24, 2.45) is 5.41 Å². The quantitative estimate of drug-likeness (QED) is 0.316. The highest BCUT2D eigenvalue weighted by atomic mass is 32.2. The largest absolute Gasteiger partial charge is 0.366 e. The number of urea groups is 1. The summed E-state index contributed by atoms with van der Waals surface area (Å²) in [5.74, 6) is -0.361. The van der Waals surface area contributed by atoms with Crippen molar-refractivity contribution in [3.05, 3.63) is 59.4 Å². The predicted octanol–water partition coefficient (Wildman–Crippen LogP) is 7.09. The van der Waals surface area contributed by atoms with Gasteiger partial charge < -0.3 is 24.9 Å². The van der Waals surface area contributed by atoms with Crippen molar-refractivity contribution in [2.45, 2.75) is 95.9 Å². The maximum absolute atomic E-state index is 15.8. The third-order valence-corrected chi connectivity index (χ3v) is 12.6. The number of piperidine rings is 1. The second kappa shape index (κ2) is 14.7. The van der Waals surface area contributed by atoms with Gasteiger partial charge in [0.15, 0.2) is 0 Å². The average molecular weight is 711 g/mol. The molecule has 4 heterocycles. The van der Waals surface area contributed by atoms with Gasteiger partial charge in [0.05, 0.1) is 12.1 Å². The van der Waals surface area contributed by atoms with E-state index in [1.165, 1.54) is 17.8 Å². The molecule has 2 atom stereocenters.